The summed E-state index contributed by atoms with van der Waals surface area (Å²) in [4.78, 5) is 10.2. The maximum atomic E-state index is 10.2. The van der Waals surface area contributed by atoms with Crippen LogP contribution < -0.4 is 5.32 Å². The van der Waals surface area contributed by atoms with E-state index in [-0.39, 0.29) is 6.61 Å². The minimum atomic E-state index is -0.426. The Balaban J connectivity index is 0. The monoisotopic (exact) mass is 145 g/mol. The van der Waals surface area contributed by atoms with Crippen LogP contribution in [0.4, 0.5) is 4.79 Å². The molecule has 0 aliphatic heterocycles. The highest BCUT2D eigenvalue weighted by molar-refractivity contribution is 5.66. The van der Waals surface area contributed by atoms with Crippen LogP contribution in [0.15, 0.2) is 12.7 Å². The Hall–Kier alpha value is -0.990. The molecule has 0 aromatic rings. The number of alkyl carbamates (subject to hydrolysis) is 1. The minimum absolute atomic E-state index is 0.264. The van der Waals surface area contributed by atoms with E-state index in [2.05, 4.69) is 16.6 Å². The summed E-state index contributed by atoms with van der Waals surface area (Å²) < 4.78 is 4.47. The van der Waals surface area contributed by atoms with Crippen molar-refractivity contribution in [1.82, 2.24) is 5.32 Å². The summed E-state index contributed by atoms with van der Waals surface area (Å²) >= 11 is 0. The summed E-state index contributed by atoms with van der Waals surface area (Å²) in [6.07, 6.45) is 1.08. The van der Waals surface area contributed by atoms with Crippen molar-refractivity contribution in [3.8, 4) is 0 Å². The fourth-order valence-corrected chi connectivity index (χ4v) is 0.207. The summed E-state index contributed by atoms with van der Waals surface area (Å²) in [5.74, 6) is 0. The topological polar surface area (TPSA) is 38.3 Å². The van der Waals surface area contributed by atoms with E-state index in [1.807, 2.05) is 13.8 Å². The molecule has 0 heterocycles. The highest BCUT2D eigenvalue weighted by atomic mass is 16.5. The number of carbonyl (C=O) groups excluding carboxylic acids is 1. The first-order valence-corrected chi connectivity index (χ1v) is 3.26. The first-order valence-electron chi connectivity index (χ1n) is 3.26. The Morgan fingerprint density at radius 3 is 2.50 bits per heavy atom. The Morgan fingerprint density at radius 2 is 2.20 bits per heavy atom. The van der Waals surface area contributed by atoms with E-state index >= 15 is 0 Å². The number of nitrogens with one attached hydrogen (secondary N) is 1. The zero-order valence-corrected chi connectivity index (χ0v) is 6.81. The molecule has 0 atom stereocenters. The van der Waals surface area contributed by atoms with E-state index in [0.29, 0.717) is 0 Å². The average molecular weight is 145 g/mol. The van der Waals surface area contributed by atoms with Crippen molar-refractivity contribution in [2.45, 2.75) is 13.8 Å². The van der Waals surface area contributed by atoms with Crippen LogP contribution in [0.3, 0.4) is 0 Å². The fourth-order valence-electron chi connectivity index (χ4n) is 0.207. The lowest BCUT2D eigenvalue weighted by atomic mass is 10.7. The van der Waals surface area contributed by atoms with E-state index in [9.17, 15) is 4.79 Å². The van der Waals surface area contributed by atoms with Gasteiger partial charge in [0.05, 0.1) is 0 Å². The second-order valence-electron chi connectivity index (χ2n) is 1.14. The summed E-state index contributed by atoms with van der Waals surface area (Å²) in [5.41, 5.74) is 0. The summed E-state index contributed by atoms with van der Waals surface area (Å²) in [6, 6.07) is 0. The van der Waals surface area contributed by atoms with Gasteiger partial charge in [-0.2, -0.15) is 0 Å². The molecule has 0 aliphatic carbocycles. The Labute approximate surface area is 62.1 Å². The van der Waals surface area contributed by atoms with Gasteiger partial charge in [-0.15, -0.1) is 0 Å². The molecule has 0 unspecified atom stereocenters. The van der Waals surface area contributed by atoms with Gasteiger partial charge < -0.3 is 10.1 Å². The molecule has 0 bridgehead atoms. The normalized spacial score (nSPS) is 6.70. The lowest BCUT2D eigenvalue weighted by Crippen LogP contribution is -2.18. The number of carbonyl (C=O) groups is 1. The maximum absolute atomic E-state index is 10.2. The molecule has 3 nitrogen and oxygen atoms in total. The van der Waals surface area contributed by atoms with Crippen LogP contribution in [0.5, 0.6) is 0 Å². The smallest absolute Gasteiger partial charge is 0.407 e. The summed E-state index contributed by atoms with van der Waals surface area (Å²) in [7, 11) is 1.51. The van der Waals surface area contributed by atoms with Gasteiger partial charge in [-0.05, 0) is 0 Å². The van der Waals surface area contributed by atoms with Gasteiger partial charge >= 0.3 is 6.09 Å². The molecule has 0 aromatic heterocycles. The number of amides is 1. The van der Waals surface area contributed by atoms with Crippen LogP contribution in [-0.2, 0) is 4.74 Å². The maximum Gasteiger partial charge on any atom is 0.407 e. The van der Waals surface area contributed by atoms with Gasteiger partial charge in [0, 0.05) is 7.05 Å². The van der Waals surface area contributed by atoms with E-state index in [1.54, 1.807) is 0 Å². The highest BCUT2D eigenvalue weighted by Gasteiger charge is 1.90. The molecule has 0 rings (SSSR count). The van der Waals surface area contributed by atoms with Gasteiger partial charge in [-0.3, -0.25) is 0 Å². The molecule has 3 heteroatoms. The van der Waals surface area contributed by atoms with Gasteiger partial charge in [-0.25, -0.2) is 4.79 Å². The molecule has 0 spiro atoms. The third-order valence-corrected chi connectivity index (χ3v) is 0.536. The second kappa shape index (κ2) is 10.9. The van der Waals surface area contributed by atoms with Crippen molar-refractivity contribution in [2.24, 2.45) is 0 Å². The van der Waals surface area contributed by atoms with Crippen molar-refractivity contribution in [3.63, 3.8) is 0 Å². The molecule has 0 fully saturated rings. The third-order valence-electron chi connectivity index (χ3n) is 0.536. The number of hydrogen-bond acceptors (Lipinski definition) is 2. The van der Waals surface area contributed by atoms with E-state index in [1.165, 1.54) is 13.1 Å². The van der Waals surface area contributed by atoms with E-state index in [4.69, 9.17) is 0 Å². The van der Waals surface area contributed by atoms with Crippen LogP contribution in [0.1, 0.15) is 13.8 Å². The number of ether oxygens (including phenoxy) is 1. The van der Waals surface area contributed by atoms with Gasteiger partial charge in [0.25, 0.3) is 0 Å². The van der Waals surface area contributed by atoms with Crippen molar-refractivity contribution >= 4 is 6.09 Å². The first kappa shape index (κ1) is 11.8. The molecule has 0 aromatic carbocycles. The van der Waals surface area contributed by atoms with Crippen molar-refractivity contribution < 1.29 is 9.53 Å². The molecular weight excluding hydrogens is 130 g/mol. The van der Waals surface area contributed by atoms with Crippen LogP contribution >= 0.6 is 0 Å². The lowest BCUT2D eigenvalue weighted by molar-refractivity contribution is 0.161. The Kier molecular flexibility index (Phi) is 12.8. The standard InChI is InChI=1S/C5H9NO2.C2H6/c1-3-4-8-5(7)6-2;1-2/h3H,1,4H2,2H3,(H,6,7);1-2H3. The fraction of sp³-hybridized carbons (Fsp3) is 0.571. The van der Waals surface area contributed by atoms with E-state index < -0.39 is 6.09 Å². The first-order chi connectivity index (χ1) is 4.81. The minimum Gasteiger partial charge on any atom is -0.445 e. The van der Waals surface area contributed by atoms with Gasteiger partial charge in [-0.1, -0.05) is 26.5 Å². The van der Waals surface area contributed by atoms with Gasteiger partial charge in [0.2, 0.25) is 0 Å². The SMILES string of the molecule is C=CCOC(=O)NC.CC. The quantitative estimate of drug-likeness (QED) is 0.599. The number of hydrogen-bond donors (Lipinski definition) is 1. The van der Waals surface area contributed by atoms with Crippen molar-refractivity contribution in [2.75, 3.05) is 13.7 Å². The third kappa shape index (κ3) is 10.1. The highest BCUT2D eigenvalue weighted by Crippen LogP contribution is 1.73. The largest absolute Gasteiger partial charge is 0.445 e. The second-order valence-corrected chi connectivity index (χ2v) is 1.14. The van der Waals surface area contributed by atoms with Crippen molar-refractivity contribution in [3.05, 3.63) is 12.7 Å². The Bertz CT molecular complexity index is 91.6. The van der Waals surface area contributed by atoms with Crippen LogP contribution in [0, 0.1) is 0 Å². The summed E-state index contributed by atoms with van der Waals surface area (Å²) in [5, 5.41) is 2.29. The zero-order valence-electron chi connectivity index (χ0n) is 6.81. The average Bonchev–Trinajstić information content (AvgIpc) is 2.04. The summed E-state index contributed by atoms with van der Waals surface area (Å²) in [6.45, 7) is 7.63. The molecule has 0 aliphatic rings. The van der Waals surface area contributed by atoms with Gasteiger partial charge in [0.1, 0.15) is 6.61 Å². The molecule has 60 valence electrons. The number of rotatable bonds is 2. The molecule has 0 saturated carbocycles. The van der Waals surface area contributed by atoms with Gasteiger partial charge in [0.15, 0.2) is 0 Å². The molecule has 1 amide bonds. The predicted molar refractivity (Wildman–Crippen MR) is 42.0 cm³/mol. The Morgan fingerprint density at radius 1 is 1.70 bits per heavy atom. The predicted octanol–water partition coefficient (Wildman–Crippen LogP) is 1.55. The molecular formula is C7H15NO2. The molecule has 0 radical (unpaired) electrons. The van der Waals surface area contributed by atoms with Crippen LogP contribution in [0.25, 0.3) is 0 Å². The molecule has 1 N–H and O–H groups in total. The molecule has 10 heavy (non-hydrogen) atoms. The zero-order chi connectivity index (χ0) is 8.41. The lowest BCUT2D eigenvalue weighted by Gasteiger charge is -1.96. The van der Waals surface area contributed by atoms with Crippen LogP contribution in [-0.4, -0.2) is 19.7 Å². The molecule has 0 saturated heterocycles. The van der Waals surface area contributed by atoms with Crippen molar-refractivity contribution in [1.29, 1.82) is 0 Å². The van der Waals surface area contributed by atoms with E-state index in [0.717, 1.165) is 0 Å². The van der Waals surface area contributed by atoms with Crippen LogP contribution in [0.2, 0.25) is 0 Å².